The van der Waals surface area contributed by atoms with E-state index in [1.807, 2.05) is 110 Å². The van der Waals surface area contributed by atoms with Crippen molar-refractivity contribution in [2.45, 2.75) is 26.2 Å². The summed E-state index contributed by atoms with van der Waals surface area (Å²) in [6, 6.07) is 32.2. The third-order valence-corrected chi connectivity index (χ3v) is 7.59. The monoisotopic (exact) mass is 588 g/mol. The molecule has 2 heterocycles. The van der Waals surface area contributed by atoms with E-state index in [-0.39, 0.29) is 18.8 Å². The zero-order valence-corrected chi connectivity index (χ0v) is 24.7. The predicted octanol–water partition coefficient (Wildman–Crippen LogP) is 5.33. The average molecular weight is 589 g/mol. The molecule has 1 atom stereocenters. The van der Waals surface area contributed by atoms with E-state index in [1.54, 1.807) is 29.9 Å². The molecule has 0 amide bonds. The summed E-state index contributed by atoms with van der Waals surface area (Å²) in [4.78, 5) is 36.1. The van der Waals surface area contributed by atoms with Gasteiger partial charge in [-0.05, 0) is 42.3 Å². The molecule has 0 spiro atoms. The lowest BCUT2D eigenvalue weighted by atomic mass is 10.1. The molecule has 6 rings (SSSR count). The molecule has 0 saturated carbocycles. The Morgan fingerprint density at radius 1 is 0.750 bits per heavy atom. The number of anilines is 1. The van der Waals surface area contributed by atoms with Crippen LogP contribution in [0.2, 0.25) is 0 Å². The normalized spacial score (nSPS) is 14.2. The third kappa shape index (κ3) is 5.72. The minimum atomic E-state index is -0.721. The van der Waals surface area contributed by atoms with Crippen LogP contribution in [0.4, 0.5) is 5.69 Å². The summed E-state index contributed by atoms with van der Waals surface area (Å²) >= 11 is 0. The Kier molecular flexibility index (Phi) is 8.01. The van der Waals surface area contributed by atoms with Crippen molar-refractivity contribution in [3.63, 3.8) is 0 Å². The molecule has 0 radical (unpaired) electrons. The van der Waals surface area contributed by atoms with Crippen LogP contribution in [0.15, 0.2) is 124 Å². The summed E-state index contributed by atoms with van der Waals surface area (Å²) in [6.45, 7) is 2.31. The van der Waals surface area contributed by atoms with Crippen molar-refractivity contribution in [2.75, 3.05) is 19.1 Å². The smallest absolute Gasteiger partial charge is 0.331 e. The van der Waals surface area contributed by atoms with E-state index in [4.69, 9.17) is 14.3 Å². The molecular weight excluding hydrogens is 556 g/mol. The molecule has 5 aromatic rings. The first-order chi connectivity index (χ1) is 21.4. The number of hydrogen-bond donors (Lipinski definition) is 0. The minimum absolute atomic E-state index is 0.0693. The zero-order valence-electron chi connectivity index (χ0n) is 24.7. The molecule has 9 heteroatoms. The number of methoxy groups -OCH3 is 2. The molecule has 1 unspecified atom stereocenters. The standard InChI is InChI=1S/C35H32N4O5/c1-24-9-15-27(16-10-24)32-36-44-34(28-7-5-4-6-8-28)39(32)31-23-37(21-25-11-17-29(42-2)18-12-25)35(41)38(33(31)40)22-26-13-19-30(43-3)20-14-26/h4-20,23,34H,21-22H2,1-3H3. The second kappa shape index (κ2) is 12.3. The summed E-state index contributed by atoms with van der Waals surface area (Å²) in [5, 5.41) is 4.46. The molecule has 0 bridgehead atoms. The van der Waals surface area contributed by atoms with E-state index < -0.39 is 17.5 Å². The van der Waals surface area contributed by atoms with Gasteiger partial charge in [0.15, 0.2) is 5.84 Å². The van der Waals surface area contributed by atoms with Gasteiger partial charge in [-0.2, -0.15) is 0 Å². The minimum Gasteiger partial charge on any atom is -0.497 e. The van der Waals surface area contributed by atoms with E-state index in [2.05, 4.69) is 5.16 Å². The number of rotatable bonds is 9. The first kappa shape index (κ1) is 28.5. The number of benzene rings is 4. The molecule has 222 valence electrons. The Morgan fingerprint density at radius 3 is 1.93 bits per heavy atom. The molecule has 0 N–H and O–H groups in total. The lowest BCUT2D eigenvalue weighted by Gasteiger charge is -2.26. The van der Waals surface area contributed by atoms with Crippen molar-refractivity contribution in [1.82, 2.24) is 9.13 Å². The Hall–Kier alpha value is -5.57. The molecule has 0 aliphatic carbocycles. The Balaban J connectivity index is 1.52. The number of nitrogens with zero attached hydrogens (tertiary/aromatic N) is 4. The lowest BCUT2D eigenvalue weighted by molar-refractivity contribution is 0.0866. The van der Waals surface area contributed by atoms with Gasteiger partial charge in [-0.15, -0.1) is 0 Å². The number of ether oxygens (including phenoxy) is 2. The van der Waals surface area contributed by atoms with Crippen LogP contribution in [0.1, 0.15) is 34.0 Å². The quantitative estimate of drug-likeness (QED) is 0.231. The first-order valence-corrected chi connectivity index (χ1v) is 14.2. The fourth-order valence-corrected chi connectivity index (χ4v) is 5.16. The van der Waals surface area contributed by atoms with Crippen LogP contribution < -0.4 is 25.6 Å². The van der Waals surface area contributed by atoms with Gasteiger partial charge < -0.3 is 14.3 Å². The fraction of sp³-hybridized carbons (Fsp3) is 0.171. The van der Waals surface area contributed by atoms with Crippen LogP contribution >= 0.6 is 0 Å². The summed E-state index contributed by atoms with van der Waals surface area (Å²) in [6.07, 6.45) is 0.884. The van der Waals surface area contributed by atoms with Gasteiger partial charge in [-0.3, -0.25) is 18.8 Å². The lowest BCUT2D eigenvalue weighted by Crippen LogP contribution is -2.45. The van der Waals surface area contributed by atoms with Crippen LogP contribution in [0.3, 0.4) is 0 Å². The van der Waals surface area contributed by atoms with Gasteiger partial charge in [0, 0.05) is 17.3 Å². The molecule has 1 aromatic heterocycles. The molecule has 4 aromatic carbocycles. The second-order valence-corrected chi connectivity index (χ2v) is 10.5. The highest BCUT2D eigenvalue weighted by Gasteiger charge is 2.36. The van der Waals surface area contributed by atoms with Gasteiger partial charge in [0.25, 0.3) is 5.56 Å². The molecule has 1 aliphatic heterocycles. The van der Waals surface area contributed by atoms with E-state index in [0.717, 1.165) is 27.8 Å². The van der Waals surface area contributed by atoms with Gasteiger partial charge in [0.2, 0.25) is 6.23 Å². The van der Waals surface area contributed by atoms with Crippen LogP contribution in [0.25, 0.3) is 0 Å². The highest BCUT2D eigenvalue weighted by molar-refractivity contribution is 6.10. The largest absolute Gasteiger partial charge is 0.497 e. The number of hydrogen-bond acceptors (Lipinski definition) is 7. The molecule has 1 aliphatic rings. The second-order valence-electron chi connectivity index (χ2n) is 10.5. The average Bonchev–Trinajstić information content (AvgIpc) is 3.50. The SMILES string of the molecule is COc1ccc(Cn2cc(N3C(c4ccc(C)cc4)=NOC3c3ccccc3)c(=O)n(Cc3ccc(OC)cc3)c2=O)cc1. The zero-order chi connectivity index (χ0) is 30.6. The van der Waals surface area contributed by atoms with E-state index in [9.17, 15) is 9.59 Å². The van der Waals surface area contributed by atoms with Gasteiger partial charge in [-0.1, -0.05) is 89.6 Å². The molecule has 0 saturated heterocycles. The highest BCUT2D eigenvalue weighted by Crippen LogP contribution is 2.33. The maximum atomic E-state index is 14.4. The summed E-state index contributed by atoms with van der Waals surface area (Å²) in [7, 11) is 3.20. The number of aromatic nitrogens is 2. The van der Waals surface area contributed by atoms with Crippen molar-refractivity contribution in [1.29, 1.82) is 0 Å². The van der Waals surface area contributed by atoms with Crippen LogP contribution in [0, 0.1) is 6.92 Å². The molecule has 0 fully saturated rings. The third-order valence-electron chi connectivity index (χ3n) is 7.59. The number of aryl methyl sites for hydroxylation is 1. The number of amidine groups is 1. The topological polar surface area (TPSA) is 87.3 Å². The Bertz CT molecular complexity index is 1900. The maximum absolute atomic E-state index is 14.4. The first-order valence-electron chi connectivity index (χ1n) is 14.2. The van der Waals surface area contributed by atoms with Crippen LogP contribution in [-0.2, 0) is 17.9 Å². The molecule has 9 nitrogen and oxygen atoms in total. The summed E-state index contributed by atoms with van der Waals surface area (Å²) in [5.74, 6) is 1.87. The molecular formula is C35H32N4O5. The van der Waals surface area contributed by atoms with Crippen molar-refractivity contribution in [3.05, 3.63) is 158 Å². The highest BCUT2D eigenvalue weighted by atomic mass is 16.7. The van der Waals surface area contributed by atoms with Gasteiger partial charge in [0.05, 0.1) is 27.3 Å². The maximum Gasteiger partial charge on any atom is 0.331 e. The van der Waals surface area contributed by atoms with Gasteiger partial charge in [-0.25, -0.2) is 4.79 Å². The van der Waals surface area contributed by atoms with Crippen molar-refractivity contribution < 1.29 is 14.3 Å². The van der Waals surface area contributed by atoms with Crippen molar-refractivity contribution in [2.24, 2.45) is 5.16 Å². The summed E-state index contributed by atoms with van der Waals surface area (Å²) in [5.41, 5.74) is 3.71. The summed E-state index contributed by atoms with van der Waals surface area (Å²) < 4.78 is 13.4. The molecule has 44 heavy (non-hydrogen) atoms. The van der Waals surface area contributed by atoms with Crippen LogP contribution in [-0.4, -0.2) is 29.2 Å². The van der Waals surface area contributed by atoms with Gasteiger partial charge >= 0.3 is 5.69 Å². The fourth-order valence-electron chi connectivity index (χ4n) is 5.16. The predicted molar refractivity (Wildman–Crippen MR) is 170 cm³/mol. The van der Waals surface area contributed by atoms with Crippen molar-refractivity contribution in [3.8, 4) is 11.5 Å². The van der Waals surface area contributed by atoms with E-state index >= 15 is 0 Å². The van der Waals surface area contributed by atoms with E-state index in [0.29, 0.717) is 17.3 Å². The van der Waals surface area contributed by atoms with E-state index in [1.165, 1.54) is 4.57 Å². The number of oxime groups is 1. The van der Waals surface area contributed by atoms with Crippen molar-refractivity contribution >= 4 is 11.5 Å². The van der Waals surface area contributed by atoms with Gasteiger partial charge in [0.1, 0.15) is 17.2 Å². The van der Waals surface area contributed by atoms with Crippen LogP contribution in [0.5, 0.6) is 11.5 Å². The Morgan fingerprint density at radius 2 is 1.34 bits per heavy atom. The Labute approximate surface area is 254 Å².